The maximum absolute atomic E-state index is 11.6. The molecule has 8 nitrogen and oxygen atoms in total. The van der Waals surface area contributed by atoms with Crippen molar-refractivity contribution >= 4 is 23.0 Å². The third-order valence-electron chi connectivity index (χ3n) is 5.53. The molecule has 0 saturated carbocycles. The molecule has 31 heavy (non-hydrogen) atoms. The van der Waals surface area contributed by atoms with Crippen molar-refractivity contribution in [2.45, 2.75) is 32.4 Å². The number of hydrogen-bond acceptors (Lipinski definition) is 7. The van der Waals surface area contributed by atoms with Gasteiger partial charge in [0.15, 0.2) is 17.1 Å². The number of carbonyl (C=O) groups is 1. The van der Waals surface area contributed by atoms with E-state index in [4.69, 9.17) is 19.6 Å². The number of piperidine rings is 1. The second kappa shape index (κ2) is 9.26. The fourth-order valence-corrected chi connectivity index (χ4v) is 3.97. The molecule has 2 heterocycles. The number of oxazole rings is 1. The second-order valence-corrected chi connectivity index (χ2v) is 7.65. The molecule has 1 fully saturated rings. The monoisotopic (exact) mass is 424 g/mol. The maximum Gasteiger partial charge on any atom is 0.295 e. The predicted octanol–water partition coefficient (Wildman–Crippen LogP) is 3.41. The van der Waals surface area contributed by atoms with Gasteiger partial charge in [-0.15, -0.1) is 0 Å². The average molecular weight is 425 g/mol. The van der Waals surface area contributed by atoms with Crippen LogP contribution in [0.3, 0.4) is 0 Å². The van der Waals surface area contributed by atoms with E-state index in [1.165, 1.54) is 5.56 Å². The highest BCUT2D eigenvalue weighted by molar-refractivity contribution is 6.03. The van der Waals surface area contributed by atoms with Crippen LogP contribution in [0.1, 0.15) is 35.7 Å². The molecule has 0 spiro atoms. The van der Waals surface area contributed by atoms with Gasteiger partial charge in [-0.3, -0.25) is 9.69 Å². The van der Waals surface area contributed by atoms with Gasteiger partial charge in [-0.25, -0.2) is 0 Å². The molecule has 164 valence electrons. The van der Waals surface area contributed by atoms with E-state index >= 15 is 0 Å². The fraction of sp³-hybridized carbons (Fsp3) is 0.391. The molecule has 0 radical (unpaired) electrons. The number of aromatic nitrogens is 1. The Labute approximate surface area is 181 Å². The number of rotatable bonds is 8. The van der Waals surface area contributed by atoms with Crippen LogP contribution in [0.5, 0.6) is 11.5 Å². The highest BCUT2D eigenvalue weighted by Crippen LogP contribution is 2.29. The fourth-order valence-electron chi connectivity index (χ4n) is 3.97. The standard InChI is InChI=1S/C23H28N4O4/c1-3-30-20-13-15(7-8-18(20)29-2)14-27-11-9-16(10-12-27)25-23-26-21-17(22(24)28)5-4-6-19(21)31-23/h4-8,13,16H,3,9-12,14H2,1-2H3,(H2,24,28)(H,25,26). The highest BCUT2D eigenvalue weighted by Gasteiger charge is 2.22. The SMILES string of the molecule is CCOc1cc(CN2CCC(Nc3nc4c(C(N)=O)cccc4o3)CC2)ccc1OC. The van der Waals surface area contributed by atoms with Crippen molar-refractivity contribution in [1.29, 1.82) is 0 Å². The zero-order valence-corrected chi connectivity index (χ0v) is 17.9. The minimum Gasteiger partial charge on any atom is -0.493 e. The van der Waals surface area contributed by atoms with Gasteiger partial charge in [0.25, 0.3) is 11.9 Å². The van der Waals surface area contributed by atoms with Gasteiger partial charge >= 0.3 is 0 Å². The van der Waals surface area contributed by atoms with E-state index in [0.29, 0.717) is 29.3 Å². The van der Waals surface area contributed by atoms with Crippen LogP contribution in [0.25, 0.3) is 11.1 Å². The minimum absolute atomic E-state index is 0.260. The van der Waals surface area contributed by atoms with E-state index in [1.807, 2.05) is 13.0 Å². The van der Waals surface area contributed by atoms with Gasteiger partial charge in [0, 0.05) is 25.7 Å². The Bertz CT molecular complexity index is 1060. The number of ether oxygens (including phenoxy) is 2. The maximum atomic E-state index is 11.6. The summed E-state index contributed by atoms with van der Waals surface area (Å²) in [5, 5.41) is 3.37. The summed E-state index contributed by atoms with van der Waals surface area (Å²) < 4.78 is 16.8. The van der Waals surface area contributed by atoms with Crippen LogP contribution in [-0.4, -0.2) is 48.6 Å². The summed E-state index contributed by atoms with van der Waals surface area (Å²) in [6, 6.07) is 12.0. The number of nitrogens with two attached hydrogens (primary N) is 1. The Morgan fingerprint density at radius 2 is 2.06 bits per heavy atom. The molecule has 8 heteroatoms. The van der Waals surface area contributed by atoms with Crippen molar-refractivity contribution in [2.24, 2.45) is 5.73 Å². The molecule has 1 amide bonds. The molecule has 1 aromatic heterocycles. The molecule has 1 aliphatic rings. The number of primary amides is 1. The van der Waals surface area contributed by atoms with Crippen molar-refractivity contribution in [1.82, 2.24) is 9.88 Å². The molecule has 0 bridgehead atoms. The van der Waals surface area contributed by atoms with Crippen molar-refractivity contribution in [3.63, 3.8) is 0 Å². The summed E-state index contributed by atoms with van der Waals surface area (Å²) >= 11 is 0. The number of amides is 1. The van der Waals surface area contributed by atoms with Crippen molar-refractivity contribution in [2.75, 3.05) is 32.1 Å². The number of carbonyl (C=O) groups excluding carboxylic acids is 1. The quantitative estimate of drug-likeness (QED) is 0.571. The lowest BCUT2D eigenvalue weighted by Gasteiger charge is -2.32. The molecule has 1 saturated heterocycles. The molecule has 0 atom stereocenters. The third-order valence-corrected chi connectivity index (χ3v) is 5.53. The predicted molar refractivity (Wildman–Crippen MR) is 119 cm³/mol. The molecular weight excluding hydrogens is 396 g/mol. The summed E-state index contributed by atoms with van der Waals surface area (Å²) in [6.07, 6.45) is 1.94. The summed E-state index contributed by atoms with van der Waals surface area (Å²) in [5.41, 5.74) is 8.06. The van der Waals surface area contributed by atoms with Gasteiger partial charge in [0.05, 0.1) is 19.3 Å². The molecule has 0 aliphatic carbocycles. The highest BCUT2D eigenvalue weighted by atomic mass is 16.5. The number of hydrogen-bond donors (Lipinski definition) is 2. The topological polar surface area (TPSA) is 103 Å². The number of para-hydroxylation sites is 1. The van der Waals surface area contributed by atoms with Gasteiger partial charge in [-0.05, 0) is 49.6 Å². The second-order valence-electron chi connectivity index (χ2n) is 7.65. The zero-order valence-electron chi connectivity index (χ0n) is 17.9. The van der Waals surface area contributed by atoms with Crippen LogP contribution in [0.15, 0.2) is 40.8 Å². The van der Waals surface area contributed by atoms with E-state index in [1.54, 1.807) is 25.3 Å². The molecule has 3 aromatic rings. The first-order valence-electron chi connectivity index (χ1n) is 10.5. The van der Waals surface area contributed by atoms with Crippen LogP contribution in [-0.2, 0) is 6.54 Å². The minimum atomic E-state index is -0.509. The number of nitrogens with zero attached hydrogens (tertiary/aromatic N) is 2. The van der Waals surface area contributed by atoms with E-state index < -0.39 is 5.91 Å². The summed E-state index contributed by atoms with van der Waals surface area (Å²) in [5.74, 6) is 1.03. The number of fused-ring (bicyclic) bond motifs is 1. The molecule has 2 aromatic carbocycles. The van der Waals surface area contributed by atoms with Crippen LogP contribution in [0.4, 0.5) is 6.01 Å². The Morgan fingerprint density at radius 3 is 2.77 bits per heavy atom. The number of methoxy groups -OCH3 is 1. The van der Waals surface area contributed by atoms with Crippen molar-refractivity contribution in [3.05, 3.63) is 47.5 Å². The first-order chi connectivity index (χ1) is 15.1. The van der Waals surface area contributed by atoms with Crippen LogP contribution in [0.2, 0.25) is 0 Å². The van der Waals surface area contributed by atoms with Gasteiger partial charge in [0.1, 0.15) is 5.52 Å². The first-order valence-corrected chi connectivity index (χ1v) is 10.5. The first kappa shape index (κ1) is 21.0. The normalized spacial score (nSPS) is 15.2. The number of likely N-dealkylation sites (tertiary alicyclic amines) is 1. The van der Waals surface area contributed by atoms with Crippen molar-refractivity contribution in [3.8, 4) is 11.5 Å². The molecule has 3 N–H and O–H groups in total. The summed E-state index contributed by atoms with van der Waals surface area (Å²) in [4.78, 5) is 18.5. The number of anilines is 1. The van der Waals surface area contributed by atoms with Crippen LogP contribution in [0, 0.1) is 0 Å². The summed E-state index contributed by atoms with van der Waals surface area (Å²) in [7, 11) is 1.65. The Hall–Kier alpha value is -3.26. The van der Waals surface area contributed by atoms with E-state index in [9.17, 15) is 4.79 Å². The van der Waals surface area contributed by atoms with E-state index in [-0.39, 0.29) is 6.04 Å². The third kappa shape index (κ3) is 4.74. The summed E-state index contributed by atoms with van der Waals surface area (Å²) in [6.45, 7) is 5.35. The van der Waals surface area contributed by atoms with E-state index in [0.717, 1.165) is 44.0 Å². The Balaban J connectivity index is 1.35. The lowest BCUT2D eigenvalue weighted by Crippen LogP contribution is -2.38. The number of nitrogens with one attached hydrogen (secondary N) is 1. The average Bonchev–Trinajstić information content (AvgIpc) is 3.18. The Kier molecular flexibility index (Phi) is 6.27. The van der Waals surface area contributed by atoms with Crippen molar-refractivity contribution < 1.29 is 18.7 Å². The number of benzene rings is 2. The van der Waals surface area contributed by atoms with Gasteiger partial charge in [-0.2, -0.15) is 4.98 Å². The van der Waals surface area contributed by atoms with Crippen LogP contribution < -0.4 is 20.5 Å². The van der Waals surface area contributed by atoms with E-state index in [2.05, 4.69) is 27.3 Å². The van der Waals surface area contributed by atoms with Gasteiger partial charge in [-0.1, -0.05) is 12.1 Å². The Morgan fingerprint density at radius 1 is 1.26 bits per heavy atom. The lowest BCUT2D eigenvalue weighted by molar-refractivity contribution is 0.100. The lowest BCUT2D eigenvalue weighted by atomic mass is 10.0. The zero-order chi connectivity index (χ0) is 21.8. The molecule has 4 rings (SSSR count). The largest absolute Gasteiger partial charge is 0.493 e. The van der Waals surface area contributed by atoms with Crippen LogP contribution >= 0.6 is 0 Å². The molecule has 0 unspecified atom stereocenters. The smallest absolute Gasteiger partial charge is 0.295 e. The molecular formula is C23H28N4O4. The van der Waals surface area contributed by atoms with Gasteiger partial charge < -0.3 is 24.9 Å². The van der Waals surface area contributed by atoms with Gasteiger partial charge in [0.2, 0.25) is 0 Å². The molecule has 1 aliphatic heterocycles.